The van der Waals surface area contributed by atoms with Gasteiger partial charge < -0.3 is 4.57 Å². The van der Waals surface area contributed by atoms with Crippen LogP contribution in [0.5, 0.6) is 0 Å². The number of carbonyl (C=O) groups is 1. The molecule has 27 heavy (non-hydrogen) atoms. The molecule has 0 aliphatic rings. The van der Waals surface area contributed by atoms with Gasteiger partial charge in [0.1, 0.15) is 0 Å². The molecule has 1 amide bonds. The van der Waals surface area contributed by atoms with Gasteiger partial charge in [-0.25, -0.2) is 0 Å². The van der Waals surface area contributed by atoms with Gasteiger partial charge in [0.05, 0.1) is 6.54 Å². The maximum atomic E-state index is 12.6. The number of carbonyl (C=O) groups excluding carboxylic acids is 1. The van der Waals surface area contributed by atoms with Crippen LogP contribution >= 0.6 is 34.5 Å². The standard InChI is InChI=1S/C19H16Cl2N2O2S2/c1-27(25)12-13-3-2-4-14(9-13)18(24)22-19-23(7-8-26-19)11-15-5-6-16(20)10-17(15)21/h2-10H,11-12H2,1H3/t27-/m1/s1. The second kappa shape index (κ2) is 8.97. The highest BCUT2D eigenvalue weighted by Gasteiger charge is 2.08. The van der Waals surface area contributed by atoms with Gasteiger partial charge in [0.15, 0.2) is 4.80 Å². The Morgan fingerprint density at radius 1 is 1.22 bits per heavy atom. The zero-order valence-corrected chi connectivity index (χ0v) is 17.5. The summed E-state index contributed by atoms with van der Waals surface area (Å²) in [6.45, 7) is 0.487. The van der Waals surface area contributed by atoms with E-state index < -0.39 is 10.8 Å². The SMILES string of the molecule is C[S@@](=O)Cc1cccc(C(=O)N=c2sccn2Cc2ccc(Cl)cc2Cl)c1. The lowest BCUT2D eigenvalue weighted by Gasteiger charge is -2.06. The maximum absolute atomic E-state index is 12.6. The molecule has 1 heterocycles. The lowest BCUT2D eigenvalue weighted by atomic mass is 10.1. The third-order valence-electron chi connectivity index (χ3n) is 3.76. The van der Waals surface area contributed by atoms with Gasteiger partial charge in [-0.2, -0.15) is 4.99 Å². The van der Waals surface area contributed by atoms with E-state index in [0.717, 1.165) is 11.1 Å². The number of rotatable bonds is 5. The minimum atomic E-state index is -0.966. The maximum Gasteiger partial charge on any atom is 0.279 e. The van der Waals surface area contributed by atoms with E-state index in [-0.39, 0.29) is 5.91 Å². The van der Waals surface area contributed by atoms with Gasteiger partial charge in [-0.05, 0) is 35.4 Å². The van der Waals surface area contributed by atoms with Crippen molar-refractivity contribution in [2.75, 3.05) is 6.26 Å². The van der Waals surface area contributed by atoms with Gasteiger partial charge in [0.25, 0.3) is 5.91 Å². The molecule has 0 bridgehead atoms. The second-order valence-corrected chi connectivity index (χ2v) is 9.04. The van der Waals surface area contributed by atoms with Crippen molar-refractivity contribution >= 4 is 51.2 Å². The largest absolute Gasteiger partial charge is 0.319 e. The molecule has 3 aromatic rings. The fraction of sp³-hybridized carbons (Fsp3) is 0.158. The molecule has 0 aliphatic heterocycles. The summed E-state index contributed by atoms with van der Waals surface area (Å²) in [6.07, 6.45) is 3.49. The number of nitrogens with zero attached hydrogens (tertiary/aromatic N) is 2. The third kappa shape index (κ3) is 5.39. The van der Waals surface area contributed by atoms with E-state index in [1.54, 1.807) is 36.6 Å². The van der Waals surface area contributed by atoms with Crippen molar-refractivity contribution in [2.24, 2.45) is 4.99 Å². The molecule has 1 aromatic heterocycles. The average Bonchev–Trinajstić information content (AvgIpc) is 3.04. The summed E-state index contributed by atoms with van der Waals surface area (Å²) >= 11 is 13.6. The molecular weight excluding hydrogens is 423 g/mol. The number of thiazole rings is 1. The molecule has 0 radical (unpaired) electrons. The van der Waals surface area contributed by atoms with Crippen LogP contribution in [0.2, 0.25) is 10.0 Å². The molecule has 0 spiro atoms. The summed E-state index contributed by atoms with van der Waals surface area (Å²) in [6, 6.07) is 12.4. The van der Waals surface area contributed by atoms with Crippen molar-refractivity contribution in [1.82, 2.24) is 4.57 Å². The third-order valence-corrected chi connectivity index (χ3v) is 5.88. The van der Waals surface area contributed by atoms with Crippen LogP contribution in [0.15, 0.2) is 59.0 Å². The van der Waals surface area contributed by atoms with Gasteiger partial charge in [-0.1, -0.05) is 41.4 Å². The molecule has 4 nitrogen and oxygen atoms in total. The molecule has 0 saturated carbocycles. The molecule has 140 valence electrons. The summed E-state index contributed by atoms with van der Waals surface area (Å²) < 4.78 is 13.3. The Hall–Kier alpha value is -1.73. The predicted molar refractivity (Wildman–Crippen MR) is 112 cm³/mol. The van der Waals surface area contributed by atoms with Crippen molar-refractivity contribution in [3.8, 4) is 0 Å². The molecule has 0 fully saturated rings. The van der Waals surface area contributed by atoms with Crippen molar-refractivity contribution in [3.63, 3.8) is 0 Å². The average molecular weight is 439 g/mol. The number of benzene rings is 2. The second-order valence-electron chi connectivity index (χ2n) is 5.88. The molecule has 1 atom stereocenters. The summed E-state index contributed by atoms with van der Waals surface area (Å²) in [5, 5.41) is 3.01. The Labute approximate surface area is 173 Å². The number of amides is 1. The van der Waals surface area contributed by atoms with Crippen LogP contribution < -0.4 is 4.80 Å². The normalized spacial score (nSPS) is 12.9. The van der Waals surface area contributed by atoms with Crippen molar-refractivity contribution in [3.05, 3.63) is 85.6 Å². The number of halogens is 2. The van der Waals surface area contributed by atoms with E-state index in [0.29, 0.717) is 32.7 Å². The van der Waals surface area contributed by atoms with E-state index in [1.165, 1.54) is 11.3 Å². The first-order valence-corrected chi connectivity index (χ1v) is 11.3. The van der Waals surface area contributed by atoms with Crippen LogP contribution in [0.25, 0.3) is 0 Å². The predicted octanol–water partition coefficient (Wildman–Crippen LogP) is 4.52. The fourth-order valence-corrected chi connectivity index (χ4v) is 4.36. The Kier molecular flexibility index (Phi) is 6.65. The van der Waals surface area contributed by atoms with Gasteiger partial charge in [-0.3, -0.25) is 9.00 Å². The van der Waals surface area contributed by atoms with Gasteiger partial charge in [-0.15, -0.1) is 11.3 Å². The summed E-state index contributed by atoms with van der Waals surface area (Å²) in [5.41, 5.74) is 2.21. The smallest absolute Gasteiger partial charge is 0.279 e. The summed E-state index contributed by atoms with van der Waals surface area (Å²) in [4.78, 5) is 17.4. The minimum Gasteiger partial charge on any atom is -0.319 e. The van der Waals surface area contributed by atoms with E-state index in [1.807, 2.05) is 28.3 Å². The topological polar surface area (TPSA) is 51.4 Å². The monoisotopic (exact) mass is 438 g/mol. The Bertz CT molecular complexity index is 1070. The molecule has 8 heteroatoms. The molecule has 0 N–H and O–H groups in total. The fourth-order valence-electron chi connectivity index (χ4n) is 2.52. The minimum absolute atomic E-state index is 0.336. The Balaban J connectivity index is 1.87. The highest BCUT2D eigenvalue weighted by Crippen LogP contribution is 2.21. The van der Waals surface area contributed by atoms with Crippen molar-refractivity contribution in [1.29, 1.82) is 0 Å². The molecule has 0 unspecified atom stereocenters. The highest BCUT2D eigenvalue weighted by atomic mass is 35.5. The summed E-state index contributed by atoms with van der Waals surface area (Å²) in [7, 11) is -0.966. The van der Waals surface area contributed by atoms with Crippen LogP contribution in [0.4, 0.5) is 0 Å². The quantitative estimate of drug-likeness (QED) is 0.587. The van der Waals surface area contributed by atoms with E-state index in [2.05, 4.69) is 4.99 Å². The van der Waals surface area contributed by atoms with Crippen molar-refractivity contribution in [2.45, 2.75) is 12.3 Å². The van der Waals surface area contributed by atoms with Crippen LogP contribution in [-0.4, -0.2) is 20.9 Å². The first-order valence-electron chi connectivity index (χ1n) is 7.98. The van der Waals surface area contributed by atoms with Crippen LogP contribution in [0, 0.1) is 0 Å². The van der Waals surface area contributed by atoms with Crippen LogP contribution in [-0.2, 0) is 23.1 Å². The number of aromatic nitrogens is 1. The first-order chi connectivity index (χ1) is 12.9. The van der Waals surface area contributed by atoms with Gasteiger partial charge >= 0.3 is 0 Å². The zero-order chi connectivity index (χ0) is 19.4. The molecular formula is C19H16Cl2N2O2S2. The van der Waals surface area contributed by atoms with Crippen LogP contribution in [0.1, 0.15) is 21.5 Å². The Morgan fingerprint density at radius 2 is 2.04 bits per heavy atom. The van der Waals surface area contributed by atoms with Gasteiger partial charge in [0, 0.05) is 50.0 Å². The van der Waals surface area contributed by atoms with E-state index in [9.17, 15) is 9.00 Å². The number of hydrogen-bond acceptors (Lipinski definition) is 3. The molecule has 0 saturated heterocycles. The lowest BCUT2D eigenvalue weighted by Crippen LogP contribution is -2.17. The van der Waals surface area contributed by atoms with Gasteiger partial charge in [0.2, 0.25) is 0 Å². The van der Waals surface area contributed by atoms with E-state index in [4.69, 9.17) is 23.2 Å². The molecule has 0 aliphatic carbocycles. The highest BCUT2D eigenvalue weighted by molar-refractivity contribution is 7.83. The van der Waals surface area contributed by atoms with E-state index >= 15 is 0 Å². The zero-order valence-electron chi connectivity index (χ0n) is 14.4. The lowest BCUT2D eigenvalue weighted by molar-refractivity contribution is 0.0997. The Morgan fingerprint density at radius 3 is 2.78 bits per heavy atom. The van der Waals surface area contributed by atoms with Crippen molar-refractivity contribution < 1.29 is 9.00 Å². The summed E-state index contributed by atoms with van der Waals surface area (Å²) in [5.74, 6) is 0.0759. The molecule has 3 rings (SSSR count). The molecule has 2 aromatic carbocycles. The van der Waals surface area contributed by atoms with Crippen LogP contribution in [0.3, 0.4) is 0 Å². The first kappa shape index (κ1) is 20.0. The number of hydrogen-bond donors (Lipinski definition) is 0.